The SMILES string of the molecule is CN=C(NCc1ccccn1)N1CC2OCCN(Cc3ccccc3)C2C1. The average Bonchev–Trinajstić information content (AvgIpc) is 3.15. The number of benzene rings is 1. The van der Waals surface area contributed by atoms with Crippen LogP contribution in [0, 0.1) is 0 Å². The van der Waals surface area contributed by atoms with Crippen molar-refractivity contribution in [3.05, 3.63) is 66.0 Å². The Kier molecular flexibility index (Phi) is 5.65. The Hall–Kier alpha value is -2.44. The van der Waals surface area contributed by atoms with Crippen LogP contribution in [-0.4, -0.2) is 66.2 Å². The monoisotopic (exact) mass is 365 g/mol. The third-order valence-corrected chi connectivity index (χ3v) is 5.31. The number of aromatic nitrogens is 1. The van der Waals surface area contributed by atoms with E-state index in [1.165, 1.54) is 5.56 Å². The second kappa shape index (κ2) is 8.50. The topological polar surface area (TPSA) is 53.0 Å². The summed E-state index contributed by atoms with van der Waals surface area (Å²) < 4.78 is 6.08. The van der Waals surface area contributed by atoms with Crippen LogP contribution in [0.15, 0.2) is 59.7 Å². The predicted molar refractivity (Wildman–Crippen MR) is 106 cm³/mol. The van der Waals surface area contributed by atoms with Gasteiger partial charge in [0.1, 0.15) is 0 Å². The molecule has 2 aromatic rings. The standard InChI is InChI=1S/C21H27N5O/c1-22-21(24-13-18-9-5-6-10-23-18)26-15-19-20(16-26)27-12-11-25(19)14-17-7-3-2-4-8-17/h2-10,19-20H,11-16H2,1H3,(H,22,24). The molecule has 2 fully saturated rings. The van der Waals surface area contributed by atoms with E-state index in [9.17, 15) is 0 Å². The third kappa shape index (κ3) is 4.28. The highest BCUT2D eigenvalue weighted by atomic mass is 16.5. The predicted octanol–water partition coefficient (Wildman–Crippen LogP) is 1.74. The summed E-state index contributed by atoms with van der Waals surface area (Å²) in [5.41, 5.74) is 2.37. The molecule has 1 N–H and O–H groups in total. The lowest BCUT2D eigenvalue weighted by atomic mass is 10.1. The fourth-order valence-electron chi connectivity index (χ4n) is 3.95. The molecule has 0 radical (unpaired) electrons. The molecule has 3 heterocycles. The van der Waals surface area contributed by atoms with Gasteiger partial charge in [0, 0.05) is 39.4 Å². The fourth-order valence-corrected chi connectivity index (χ4v) is 3.95. The lowest BCUT2D eigenvalue weighted by molar-refractivity contribution is -0.0502. The fraction of sp³-hybridized carbons (Fsp3) is 0.429. The Morgan fingerprint density at radius 2 is 2.04 bits per heavy atom. The normalized spacial score (nSPS) is 23.3. The van der Waals surface area contributed by atoms with Crippen molar-refractivity contribution >= 4 is 5.96 Å². The number of guanidine groups is 1. The van der Waals surface area contributed by atoms with Gasteiger partial charge in [0.2, 0.25) is 0 Å². The molecule has 1 aromatic carbocycles. The molecule has 6 nitrogen and oxygen atoms in total. The van der Waals surface area contributed by atoms with Gasteiger partial charge in [-0.2, -0.15) is 0 Å². The molecular weight excluding hydrogens is 338 g/mol. The van der Waals surface area contributed by atoms with Crippen molar-refractivity contribution in [2.45, 2.75) is 25.2 Å². The summed E-state index contributed by atoms with van der Waals surface area (Å²) >= 11 is 0. The molecule has 2 atom stereocenters. The van der Waals surface area contributed by atoms with E-state index in [1.807, 2.05) is 31.4 Å². The Bertz CT molecular complexity index is 752. The van der Waals surface area contributed by atoms with Crippen LogP contribution in [0.5, 0.6) is 0 Å². The summed E-state index contributed by atoms with van der Waals surface area (Å²) in [5.74, 6) is 0.915. The van der Waals surface area contributed by atoms with Crippen LogP contribution in [-0.2, 0) is 17.8 Å². The van der Waals surface area contributed by atoms with E-state index < -0.39 is 0 Å². The van der Waals surface area contributed by atoms with Crippen LogP contribution in [0.2, 0.25) is 0 Å². The first-order valence-corrected chi connectivity index (χ1v) is 9.58. The number of hydrogen-bond donors (Lipinski definition) is 1. The highest BCUT2D eigenvalue weighted by Crippen LogP contribution is 2.24. The summed E-state index contributed by atoms with van der Waals surface area (Å²) in [6, 6.07) is 17.0. The maximum absolute atomic E-state index is 6.08. The number of rotatable bonds is 4. The van der Waals surface area contributed by atoms with E-state index in [2.05, 4.69) is 55.4 Å². The van der Waals surface area contributed by atoms with E-state index in [-0.39, 0.29) is 6.10 Å². The van der Waals surface area contributed by atoms with Gasteiger partial charge in [-0.25, -0.2) is 0 Å². The number of nitrogens with zero attached hydrogens (tertiary/aromatic N) is 4. The van der Waals surface area contributed by atoms with Crippen LogP contribution in [0.1, 0.15) is 11.3 Å². The average molecular weight is 365 g/mol. The molecule has 2 saturated heterocycles. The number of aliphatic imine (C=N–C) groups is 1. The second-order valence-corrected chi connectivity index (χ2v) is 7.06. The largest absolute Gasteiger partial charge is 0.373 e. The molecule has 6 heteroatoms. The first kappa shape index (κ1) is 17.9. The molecule has 0 aliphatic carbocycles. The summed E-state index contributed by atoms with van der Waals surface area (Å²) in [7, 11) is 1.84. The minimum atomic E-state index is 0.232. The first-order chi connectivity index (χ1) is 13.3. The maximum Gasteiger partial charge on any atom is 0.194 e. The van der Waals surface area contributed by atoms with Crippen molar-refractivity contribution in [1.29, 1.82) is 0 Å². The molecule has 2 aliphatic rings. The minimum absolute atomic E-state index is 0.232. The molecule has 0 spiro atoms. The zero-order valence-electron chi connectivity index (χ0n) is 15.8. The smallest absolute Gasteiger partial charge is 0.194 e. The van der Waals surface area contributed by atoms with Crippen LogP contribution < -0.4 is 5.32 Å². The highest BCUT2D eigenvalue weighted by Gasteiger charge is 2.41. The van der Waals surface area contributed by atoms with E-state index in [4.69, 9.17) is 4.74 Å². The molecule has 0 bridgehead atoms. The number of morpholine rings is 1. The van der Waals surface area contributed by atoms with Gasteiger partial charge in [0.25, 0.3) is 0 Å². The van der Waals surface area contributed by atoms with Crippen molar-refractivity contribution in [1.82, 2.24) is 20.1 Å². The molecule has 1 aromatic heterocycles. The highest BCUT2D eigenvalue weighted by molar-refractivity contribution is 5.80. The zero-order valence-corrected chi connectivity index (χ0v) is 15.8. The van der Waals surface area contributed by atoms with Crippen molar-refractivity contribution in [3.63, 3.8) is 0 Å². The lowest BCUT2D eigenvalue weighted by Crippen LogP contribution is -2.50. The van der Waals surface area contributed by atoms with E-state index >= 15 is 0 Å². The molecule has 2 aliphatic heterocycles. The first-order valence-electron chi connectivity index (χ1n) is 9.58. The van der Waals surface area contributed by atoms with Gasteiger partial charge in [-0.1, -0.05) is 36.4 Å². The van der Waals surface area contributed by atoms with E-state index in [0.717, 1.165) is 44.4 Å². The summed E-state index contributed by atoms with van der Waals surface area (Å²) in [4.78, 5) is 13.7. The lowest BCUT2D eigenvalue weighted by Gasteiger charge is -2.36. The number of likely N-dealkylation sites (tertiary alicyclic amines) is 1. The van der Waals surface area contributed by atoms with Crippen LogP contribution in [0.4, 0.5) is 0 Å². The van der Waals surface area contributed by atoms with Gasteiger partial charge in [0.15, 0.2) is 5.96 Å². The molecule has 0 amide bonds. The van der Waals surface area contributed by atoms with Crippen molar-refractivity contribution in [2.24, 2.45) is 4.99 Å². The zero-order chi connectivity index (χ0) is 18.5. The van der Waals surface area contributed by atoms with Gasteiger partial charge in [-0.15, -0.1) is 0 Å². The molecule has 2 unspecified atom stereocenters. The van der Waals surface area contributed by atoms with Crippen molar-refractivity contribution in [3.8, 4) is 0 Å². The maximum atomic E-state index is 6.08. The Morgan fingerprint density at radius 1 is 1.19 bits per heavy atom. The van der Waals surface area contributed by atoms with Gasteiger partial charge in [0.05, 0.1) is 31.0 Å². The molecule has 0 saturated carbocycles. The number of ether oxygens (including phenoxy) is 1. The van der Waals surface area contributed by atoms with E-state index in [0.29, 0.717) is 12.6 Å². The molecule has 4 rings (SSSR count). The van der Waals surface area contributed by atoms with Gasteiger partial charge >= 0.3 is 0 Å². The number of fused-ring (bicyclic) bond motifs is 1. The summed E-state index contributed by atoms with van der Waals surface area (Å²) in [6.45, 7) is 5.22. The summed E-state index contributed by atoms with van der Waals surface area (Å²) in [5, 5.41) is 3.44. The third-order valence-electron chi connectivity index (χ3n) is 5.31. The molecule has 142 valence electrons. The van der Waals surface area contributed by atoms with Gasteiger partial charge < -0.3 is 15.0 Å². The second-order valence-electron chi connectivity index (χ2n) is 7.06. The van der Waals surface area contributed by atoms with Gasteiger partial charge in [-0.05, 0) is 17.7 Å². The van der Waals surface area contributed by atoms with Gasteiger partial charge in [-0.3, -0.25) is 14.9 Å². The number of hydrogen-bond acceptors (Lipinski definition) is 4. The minimum Gasteiger partial charge on any atom is -0.373 e. The van der Waals surface area contributed by atoms with Crippen LogP contribution in [0.25, 0.3) is 0 Å². The van der Waals surface area contributed by atoms with Crippen LogP contribution >= 0.6 is 0 Å². The Morgan fingerprint density at radius 3 is 2.81 bits per heavy atom. The van der Waals surface area contributed by atoms with E-state index in [1.54, 1.807) is 0 Å². The summed E-state index contributed by atoms with van der Waals surface area (Å²) in [6.07, 6.45) is 2.05. The molecule has 27 heavy (non-hydrogen) atoms. The molecular formula is C21H27N5O. The Labute approximate surface area is 160 Å². The number of pyridine rings is 1. The van der Waals surface area contributed by atoms with Crippen molar-refractivity contribution < 1.29 is 4.74 Å². The Balaban J connectivity index is 1.39. The van der Waals surface area contributed by atoms with Crippen molar-refractivity contribution in [2.75, 3.05) is 33.3 Å². The quantitative estimate of drug-likeness (QED) is 0.661. The van der Waals surface area contributed by atoms with Crippen LogP contribution in [0.3, 0.4) is 0 Å². The number of nitrogens with one attached hydrogen (secondary N) is 1.